The summed E-state index contributed by atoms with van der Waals surface area (Å²) < 4.78 is 28.8. The zero-order valence-electron chi connectivity index (χ0n) is 10.2. The van der Waals surface area contributed by atoms with E-state index in [-0.39, 0.29) is 17.1 Å². The third-order valence-electron chi connectivity index (χ3n) is 2.37. The lowest BCUT2D eigenvalue weighted by atomic mass is 10.2. The fraction of sp³-hybridized carbons (Fsp3) is 0.0769. The highest BCUT2D eigenvalue weighted by Crippen LogP contribution is 2.25. The lowest BCUT2D eigenvalue weighted by Gasteiger charge is -2.11. The summed E-state index contributed by atoms with van der Waals surface area (Å²) in [5.41, 5.74) is 6.13. The van der Waals surface area contributed by atoms with E-state index < -0.39 is 12.5 Å². The number of hydrogen-bond acceptors (Lipinski definition) is 4. The molecule has 5 nitrogen and oxygen atoms in total. The Labute approximate surface area is 113 Å². The number of nitrogens with one attached hydrogen (secondary N) is 1. The Morgan fingerprint density at radius 3 is 2.75 bits per heavy atom. The van der Waals surface area contributed by atoms with E-state index in [4.69, 9.17) is 5.73 Å². The molecular weight excluding hydrogens is 268 g/mol. The first-order valence-corrected chi connectivity index (χ1v) is 5.63. The quantitative estimate of drug-likeness (QED) is 0.901. The number of anilines is 2. The molecular formula is C13H11F2N3O2. The Morgan fingerprint density at radius 2 is 2.05 bits per heavy atom. The van der Waals surface area contributed by atoms with Crippen molar-refractivity contribution in [3.63, 3.8) is 0 Å². The Morgan fingerprint density at radius 1 is 1.30 bits per heavy atom. The number of benzene rings is 1. The zero-order valence-corrected chi connectivity index (χ0v) is 10.2. The van der Waals surface area contributed by atoms with E-state index in [9.17, 15) is 13.6 Å². The van der Waals surface area contributed by atoms with Gasteiger partial charge >= 0.3 is 6.61 Å². The molecule has 0 fully saturated rings. The van der Waals surface area contributed by atoms with E-state index in [0.29, 0.717) is 5.69 Å². The van der Waals surface area contributed by atoms with Crippen molar-refractivity contribution in [1.29, 1.82) is 0 Å². The monoisotopic (exact) mass is 279 g/mol. The van der Waals surface area contributed by atoms with E-state index in [2.05, 4.69) is 15.0 Å². The van der Waals surface area contributed by atoms with Gasteiger partial charge in [0.15, 0.2) is 0 Å². The molecule has 0 saturated heterocycles. The molecule has 0 bridgehead atoms. The first kappa shape index (κ1) is 13.7. The molecule has 104 valence electrons. The summed E-state index contributed by atoms with van der Waals surface area (Å²) >= 11 is 0. The molecule has 2 rings (SSSR count). The third-order valence-corrected chi connectivity index (χ3v) is 2.37. The van der Waals surface area contributed by atoms with E-state index in [1.165, 1.54) is 36.5 Å². The van der Waals surface area contributed by atoms with Gasteiger partial charge in [-0.25, -0.2) is 0 Å². The van der Waals surface area contributed by atoms with Crippen LogP contribution >= 0.6 is 0 Å². The SMILES string of the molecule is Nc1ccnc(C(=O)Nc2ccccc2OC(F)F)c1. The third kappa shape index (κ3) is 3.41. The van der Waals surface area contributed by atoms with Crippen LogP contribution < -0.4 is 15.8 Å². The standard InChI is InChI=1S/C13H11F2N3O2/c14-13(15)20-11-4-2-1-3-9(11)18-12(19)10-7-8(16)5-6-17-10/h1-7,13H,(H2,16,17)(H,18,19). The first-order valence-electron chi connectivity index (χ1n) is 5.63. The Balaban J connectivity index is 2.19. The minimum absolute atomic E-state index is 0.0804. The summed E-state index contributed by atoms with van der Waals surface area (Å²) in [5, 5.41) is 2.44. The van der Waals surface area contributed by atoms with Crippen molar-refractivity contribution >= 4 is 17.3 Å². The minimum Gasteiger partial charge on any atom is -0.433 e. The van der Waals surface area contributed by atoms with Crippen LogP contribution in [0.4, 0.5) is 20.2 Å². The minimum atomic E-state index is -2.97. The van der Waals surface area contributed by atoms with Gasteiger partial charge in [-0.1, -0.05) is 12.1 Å². The number of aromatic nitrogens is 1. The van der Waals surface area contributed by atoms with Gasteiger partial charge in [0, 0.05) is 11.9 Å². The summed E-state index contributed by atoms with van der Waals surface area (Å²) in [6, 6.07) is 8.79. The highest BCUT2D eigenvalue weighted by Gasteiger charge is 2.13. The number of alkyl halides is 2. The molecule has 1 amide bonds. The number of nitrogen functional groups attached to an aromatic ring is 1. The first-order chi connectivity index (χ1) is 9.56. The van der Waals surface area contributed by atoms with Crippen molar-refractivity contribution in [3.8, 4) is 5.75 Å². The predicted octanol–water partition coefficient (Wildman–Crippen LogP) is 2.52. The second-order valence-corrected chi connectivity index (χ2v) is 3.80. The van der Waals surface area contributed by atoms with Gasteiger partial charge in [-0.2, -0.15) is 8.78 Å². The molecule has 2 aromatic rings. The molecule has 0 unspecified atom stereocenters. The molecule has 1 heterocycles. The summed E-state index contributed by atoms with van der Waals surface area (Å²) in [6.07, 6.45) is 1.38. The maximum atomic E-state index is 12.3. The predicted molar refractivity (Wildman–Crippen MR) is 69.7 cm³/mol. The number of carbonyl (C=O) groups is 1. The molecule has 0 aliphatic heterocycles. The van der Waals surface area contributed by atoms with E-state index in [0.717, 1.165) is 0 Å². The molecule has 0 atom stereocenters. The van der Waals surface area contributed by atoms with E-state index in [1.807, 2.05) is 0 Å². The normalized spacial score (nSPS) is 10.3. The number of ether oxygens (including phenoxy) is 1. The van der Waals surface area contributed by atoms with Crippen LogP contribution in [0.3, 0.4) is 0 Å². The largest absolute Gasteiger partial charge is 0.433 e. The maximum Gasteiger partial charge on any atom is 0.387 e. The second-order valence-electron chi connectivity index (χ2n) is 3.80. The lowest BCUT2D eigenvalue weighted by Crippen LogP contribution is -2.15. The van der Waals surface area contributed by atoms with Crippen LogP contribution in [-0.2, 0) is 0 Å². The van der Waals surface area contributed by atoms with Crippen molar-refractivity contribution in [2.75, 3.05) is 11.1 Å². The van der Waals surface area contributed by atoms with Gasteiger partial charge in [0.1, 0.15) is 11.4 Å². The number of hydrogen-bond donors (Lipinski definition) is 2. The average molecular weight is 279 g/mol. The number of para-hydroxylation sites is 2. The maximum absolute atomic E-state index is 12.3. The highest BCUT2D eigenvalue weighted by atomic mass is 19.3. The van der Waals surface area contributed by atoms with Gasteiger partial charge in [0.05, 0.1) is 5.69 Å². The molecule has 0 aliphatic rings. The van der Waals surface area contributed by atoms with Crippen LogP contribution in [0, 0.1) is 0 Å². The Hall–Kier alpha value is -2.70. The molecule has 20 heavy (non-hydrogen) atoms. The summed E-state index contributed by atoms with van der Waals surface area (Å²) in [4.78, 5) is 15.8. The number of nitrogens with zero attached hydrogens (tertiary/aromatic N) is 1. The highest BCUT2D eigenvalue weighted by molar-refractivity contribution is 6.04. The topological polar surface area (TPSA) is 77.2 Å². The Kier molecular flexibility index (Phi) is 4.09. The van der Waals surface area contributed by atoms with Crippen molar-refractivity contribution in [2.24, 2.45) is 0 Å². The van der Waals surface area contributed by atoms with Gasteiger partial charge in [0.2, 0.25) is 0 Å². The fourth-order valence-electron chi connectivity index (χ4n) is 1.53. The number of amides is 1. The molecule has 1 aromatic carbocycles. The van der Waals surface area contributed by atoms with E-state index in [1.54, 1.807) is 6.07 Å². The van der Waals surface area contributed by atoms with Crippen LogP contribution in [0.15, 0.2) is 42.6 Å². The van der Waals surface area contributed by atoms with Crippen molar-refractivity contribution < 1.29 is 18.3 Å². The van der Waals surface area contributed by atoms with Crippen LogP contribution in [0.5, 0.6) is 5.75 Å². The summed E-state index contributed by atoms with van der Waals surface area (Å²) in [5.74, 6) is -0.692. The van der Waals surface area contributed by atoms with Crippen LogP contribution in [0.2, 0.25) is 0 Å². The van der Waals surface area contributed by atoms with Gasteiger partial charge < -0.3 is 15.8 Å². The average Bonchev–Trinajstić information content (AvgIpc) is 2.40. The number of nitrogens with two attached hydrogens (primary N) is 1. The fourth-order valence-corrected chi connectivity index (χ4v) is 1.53. The van der Waals surface area contributed by atoms with Gasteiger partial charge in [-0.3, -0.25) is 9.78 Å². The zero-order chi connectivity index (χ0) is 14.5. The lowest BCUT2D eigenvalue weighted by molar-refractivity contribution is -0.0493. The molecule has 0 saturated carbocycles. The second kappa shape index (κ2) is 5.96. The van der Waals surface area contributed by atoms with Gasteiger partial charge in [-0.05, 0) is 24.3 Å². The van der Waals surface area contributed by atoms with Crippen LogP contribution in [0.25, 0.3) is 0 Å². The van der Waals surface area contributed by atoms with Crippen LogP contribution in [-0.4, -0.2) is 17.5 Å². The number of pyridine rings is 1. The number of halogens is 2. The van der Waals surface area contributed by atoms with Crippen molar-refractivity contribution in [1.82, 2.24) is 4.98 Å². The smallest absolute Gasteiger partial charge is 0.387 e. The number of carbonyl (C=O) groups excluding carboxylic acids is 1. The molecule has 0 radical (unpaired) electrons. The number of rotatable bonds is 4. The van der Waals surface area contributed by atoms with Crippen LogP contribution in [0.1, 0.15) is 10.5 Å². The summed E-state index contributed by atoms with van der Waals surface area (Å²) in [7, 11) is 0. The van der Waals surface area contributed by atoms with Gasteiger partial charge in [0.25, 0.3) is 5.91 Å². The molecule has 0 spiro atoms. The van der Waals surface area contributed by atoms with E-state index >= 15 is 0 Å². The van der Waals surface area contributed by atoms with Gasteiger partial charge in [-0.15, -0.1) is 0 Å². The van der Waals surface area contributed by atoms with Crippen molar-refractivity contribution in [3.05, 3.63) is 48.3 Å². The molecule has 7 heteroatoms. The summed E-state index contributed by atoms with van der Waals surface area (Å²) in [6.45, 7) is -2.97. The molecule has 3 N–H and O–H groups in total. The molecule has 1 aromatic heterocycles. The Bertz CT molecular complexity index is 620. The van der Waals surface area contributed by atoms with Crippen molar-refractivity contribution in [2.45, 2.75) is 6.61 Å². The molecule has 0 aliphatic carbocycles.